The number of carbonyl (C=O) groups excluding carboxylic acids is 1. The number of carbonyl (C=O) groups is 1. The van der Waals surface area contributed by atoms with Crippen molar-refractivity contribution in [2.24, 2.45) is 0 Å². The molecule has 0 unspecified atom stereocenters. The second kappa shape index (κ2) is 17.9. The molecule has 48 heavy (non-hydrogen) atoms. The molecule has 0 aliphatic carbocycles. The number of aromatic nitrogens is 2. The van der Waals surface area contributed by atoms with Gasteiger partial charge in [0.25, 0.3) is 0 Å². The first-order valence-corrected chi connectivity index (χ1v) is 17.5. The Balaban J connectivity index is 0.000000178. The molecule has 242 valence electrons. The van der Waals surface area contributed by atoms with Gasteiger partial charge in [0.1, 0.15) is 12.1 Å². The van der Waals surface area contributed by atoms with Crippen LogP contribution < -0.4 is 11.1 Å². The topological polar surface area (TPSA) is 72.9 Å². The Kier molecular flexibility index (Phi) is 13.8. The molecule has 0 amide bonds. The van der Waals surface area contributed by atoms with Crippen LogP contribution in [0.2, 0.25) is 0 Å². The summed E-state index contributed by atoms with van der Waals surface area (Å²) in [6.07, 6.45) is 0.815. The van der Waals surface area contributed by atoms with Gasteiger partial charge in [-0.1, -0.05) is 132 Å². The second-order valence-electron chi connectivity index (χ2n) is 10.2. The minimum atomic E-state index is 0. The van der Waals surface area contributed by atoms with Crippen molar-refractivity contribution in [3.05, 3.63) is 169 Å². The van der Waals surface area contributed by atoms with Crippen LogP contribution in [-0.4, -0.2) is 15.8 Å². The highest BCUT2D eigenvalue weighted by Gasteiger charge is 2.14. The van der Waals surface area contributed by atoms with E-state index in [4.69, 9.17) is 10.7 Å². The van der Waals surface area contributed by atoms with Gasteiger partial charge in [-0.25, -0.2) is 4.98 Å². The van der Waals surface area contributed by atoms with Crippen LogP contribution in [0, 0.1) is 0 Å². The van der Waals surface area contributed by atoms with Gasteiger partial charge >= 0.3 is 0 Å². The molecule has 0 saturated heterocycles. The summed E-state index contributed by atoms with van der Waals surface area (Å²) in [6, 6.07) is 47.8. The van der Waals surface area contributed by atoms with Crippen molar-refractivity contribution in [2.75, 3.05) is 11.1 Å². The van der Waals surface area contributed by atoms with Gasteiger partial charge in [0, 0.05) is 40.4 Å². The third-order valence-electron chi connectivity index (χ3n) is 6.73. The summed E-state index contributed by atoms with van der Waals surface area (Å²) >= 11 is 13.7. The zero-order valence-electron chi connectivity index (χ0n) is 24.8. The maximum Gasteiger partial charge on any atom is 0.150 e. The maximum atomic E-state index is 10.3. The Morgan fingerprint density at radius 3 is 1.75 bits per heavy atom. The minimum absolute atomic E-state index is 0. The zero-order chi connectivity index (χ0) is 33.2. The lowest BCUT2D eigenvalue weighted by atomic mass is 10.2. The molecule has 0 bridgehead atoms. The Labute approximate surface area is 314 Å². The lowest BCUT2D eigenvalue weighted by molar-refractivity contribution is 0.112. The molecular weight excluding hydrogens is 860 g/mol. The molecule has 0 aliphatic rings. The van der Waals surface area contributed by atoms with Crippen molar-refractivity contribution >= 4 is 98.1 Å². The molecule has 7 aromatic rings. The number of nitrogens with zero attached hydrogens (tertiary/aromatic N) is 2. The van der Waals surface area contributed by atoms with Crippen LogP contribution in [0.4, 0.5) is 17.1 Å². The molecule has 6 aromatic carbocycles. The fraction of sp³-hybridized carbons (Fsp3) is 0.0256. The quantitative estimate of drug-likeness (QED) is 0.133. The number of halogens is 4. The number of nitrogens with one attached hydrogen (secondary N) is 1. The van der Waals surface area contributed by atoms with Crippen LogP contribution in [0.1, 0.15) is 17.8 Å². The lowest BCUT2D eigenvalue weighted by Crippen LogP contribution is -1.97. The summed E-state index contributed by atoms with van der Waals surface area (Å²) in [6.45, 7) is 0. The average Bonchev–Trinajstić information content (AvgIpc) is 3.46. The van der Waals surface area contributed by atoms with Gasteiger partial charge in [0.2, 0.25) is 0 Å². The fourth-order valence-corrected chi connectivity index (χ4v) is 7.29. The van der Waals surface area contributed by atoms with Crippen LogP contribution in [0.3, 0.4) is 0 Å². The first-order valence-electron chi connectivity index (χ1n) is 14.4. The Bertz CT molecular complexity index is 2060. The van der Waals surface area contributed by atoms with E-state index in [0.717, 1.165) is 69.3 Å². The Morgan fingerprint density at radius 2 is 1.15 bits per heavy atom. The predicted octanol–water partition coefficient (Wildman–Crippen LogP) is 12.9. The molecule has 0 radical (unpaired) electrons. The number of benzene rings is 6. The van der Waals surface area contributed by atoms with Crippen LogP contribution in [-0.2, 0) is 0 Å². The first kappa shape index (κ1) is 36.8. The fourth-order valence-electron chi connectivity index (χ4n) is 4.67. The molecule has 3 N–H and O–H groups in total. The monoisotopic (exact) mass is 888 g/mol. The average molecular weight is 892 g/mol. The molecule has 7 rings (SSSR count). The highest BCUT2D eigenvalue weighted by Crippen LogP contribution is 2.32. The predicted molar refractivity (Wildman–Crippen MR) is 216 cm³/mol. The van der Waals surface area contributed by atoms with Crippen molar-refractivity contribution < 1.29 is 4.79 Å². The highest BCUT2D eigenvalue weighted by molar-refractivity contribution is 9.11. The smallest absolute Gasteiger partial charge is 0.150 e. The van der Waals surface area contributed by atoms with Crippen molar-refractivity contribution in [1.29, 1.82) is 0 Å². The van der Waals surface area contributed by atoms with E-state index in [-0.39, 0.29) is 7.43 Å². The van der Waals surface area contributed by atoms with E-state index >= 15 is 0 Å². The van der Waals surface area contributed by atoms with Gasteiger partial charge in [-0.05, 0) is 84.9 Å². The van der Waals surface area contributed by atoms with Crippen molar-refractivity contribution in [3.63, 3.8) is 0 Å². The lowest BCUT2D eigenvalue weighted by Gasteiger charge is -2.10. The van der Waals surface area contributed by atoms with E-state index in [0.29, 0.717) is 5.56 Å². The third-order valence-corrected chi connectivity index (χ3v) is 8.56. The van der Waals surface area contributed by atoms with E-state index in [2.05, 4.69) is 104 Å². The Morgan fingerprint density at radius 1 is 0.625 bits per heavy atom. The van der Waals surface area contributed by atoms with E-state index in [1.165, 1.54) is 0 Å². The van der Waals surface area contributed by atoms with Gasteiger partial charge in [0.05, 0.1) is 22.4 Å². The summed E-state index contributed by atoms with van der Waals surface area (Å²) in [4.78, 5) is 15.1. The molecule has 1 heterocycles. The van der Waals surface area contributed by atoms with Crippen LogP contribution in [0.15, 0.2) is 163 Å². The number of para-hydroxylation sites is 6. The number of hydrogen-bond donors (Lipinski definition) is 2. The van der Waals surface area contributed by atoms with E-state index < -0.39 is 0 Å². The second-order valence-corrected chi connectivity index (χ2v) is 13.8. The van der Waals surface area contributed by atoms with Crippen molar-refractivity contribution in [2.45, 2.75) is 7.43 Å². The van der Waals surface area contributed by atoms with Gasteiger partial charge in [0.15, 0.2) is 0 Å². The van der Waals surface area contributed by atoms with Gasteiger partial charge in [-0.3, -0.25) is 9.36 Å². The number of fused-ring (bicyclic) bond motifs is 1. The molecule has 0 atom stereocenters. The summed E-state index contributed by atoms with van der Waals surface area (Å²) in [5.74, 6) is 0.930. The van der Waals surface area contributed by atoms with E-state index in [1.54, 1.807) is 12.1 Å². The number of anilines is 3. The molecule has 0 fully saturated rings. The SMILES string of the molecule is Brc1cc(Br)cc(-c2nc3ccccc3n2-c2ccccc2)c1.C.Nc1ccccc1Nc1ccccc1.O=Cc1cc(Br)cc(Br)c1. The van der Waals surface area contributed by atoms with E-state index in [1.807, 2.05) is 103 Å². The Hall–Kier alpha value is -4.02. The molecule has 9 heteroatoms. The molecule has 0 aliphatic heterocycles. The zero-order valence-corrected chi connectivity index (χ0v) is 31.2. The number of nitrogens with two attached hydrogens (primary N) is 1. The number of rotatable bonds is 5. The van der Waals surface area contributed by atoms with Crippen LogP contribution in [0.5, 0.6) is 0 Å². The van der Waals surface area contributed by atoms with E-state index in [9.17, 15) is 4.79 Å². The van der Waals surface area contributed by atoms with Gasteiger partial charge in [-0.15, -0.1) is 0 Å². The largest absolute Gasteiger partial charge is 0.397 e. The highest BCUT2D eigenvalue weighted by atomic mass is 79.9. The normalized spacial score (nSPS) is 10.1. The number of imidazole rings is 1. The van der Waals surface area contributed by atoms with Gasteiger partial charge < -0.3 is 11.1 Å². The standard InChI is InChI=1S/C19H12Br2N2.C12H12N2.C7H4Br2O.CH4/c20-14-10-13(11-15(21)12-14)19-22-17-8-4-5-9-18(17)23(19)16-6-2-1-3-7-16;13-11-8-4-5-9-12(11)14-10-6-2-1-3-7-10;8-6-1-5(4-10)2-7(9)3-6;/h1-12H;1-9,14H,13H2;1-4H;1H4. The van der Waals surface area contributed by atoms with Crippen molar-refractivity contribution in [3.8, 4) is 17.1 Å². The number of aldehydes is 1. The summed E-state index contributed by atoms with van der Waals surface area (Å²) in [5, 5.41) is 3.25. The summed E-state index contributed by atoms with van der Waals surface area (Å²) in [5.41, 5.74) is 13.5. The minimum Gasteiger partial charge on any atom is -0.397 e. The first-order chi connectivity index (χ1) is 22.8. The summed E-state index contributed by atoms with van der Waals surface area (Å²) in [7, 11) is 0. The molecule has 1 aromatic heterocycles. The molecule has 0 saturated carbocycles. The van der Waals surface area contributed by atoms with Crippen LogP contribution in [0.25, 0.3) is 28.1 Å². The molecular formula is C39H32Br4N4O. The van der Waals surface area contributed by atoms with Gasteiger partial charge in [-0.2, -0.15) is 0 Å². The third kappa shape index (κ3) is 10.00. The summed E-state index contributed by atoms with van der Waals surface area (Å²) < 4.78 is 6.05. The molecule has 0 spiro atoms. The molecule has 5 nitrogen and oxygen atoms in total. The number of nitrogen functional groups attached to an aromatic ring is 1. The van der Waals surface area contributed by atoms with Crippen molar-refractivity contribution in [1.82, 2.24) is 9.55 Å². The maximum absolute atomic E-state index is 10.3. The number of hydrogen-bond acceptors (Lipinski definition) is 4. The van der Waals surface area contributed by atoms with Crippen LogP contribution >= 0.6 is 63.7 Å².